The Kier molecular flexibility index (Phi) is 5.37. The van der Waals surface area contributed by atoms with E-state index in [4.69, 9.17) is 9.72 Å². The minimum Gasteiger partial charge on any atom is -0.434 e. The van der Waals surface area contributed by atoms with E-state index in [1.54, 1.807) is 42.7 Å². The Morgan fingerprint density at radius 2 is 1.88 bits per heavy atom. The van der Waals surface area contributed by atoms with E-state index in [2.05, 4.69) is 25.2 Å². The molecular formula is C28H25F2N9O3. The molecule has 0 radical (unpaired) electrons. The van der Waals surface area contributed by atoms with Gasteiger partial charge in [0.15, 0.2) is 0 Å². The van der Waals surface area contributed by atoms with Crippen LogP contribution in [-0.4, -0.2) is 92.0 Å². The van der Waals surface area contributed by atoms with Crippen LogP contribution in [0.4, 0.5) is 19.5 Å². The van der Waals surface area contributed by atoms with Crippen LogP contribution in [0, 0.1) is 0 Å². The molecule has 1 aromatic carbocycles. The van der Waals surface area contributed by atoms with Gasteiger partial charge in [0, 0.05) is 86.2 Å². The predicted octanol–water partition coefficient (Wildman–Crippen LogP) is 2.66. The summed E-state index contributed by atoms with van der Waals surface area (Å²) < 4.78 is 33.5. The van der Waals surface area contributed by atoms with Gasteiger partial charge in [-0.2, -0.15) is 8.78 Å². The third kappa shape index (κ3) is 3.63. The molecule has 3 aliphatic heterocycles. The standard InChI is InChI=1S/C28H25F2N9O3/c1-36-19-7-18(21-17(24(36)40)3-2-4-20(21)42-25(29)30)23-22(19)35-27-33-10-15(12-39(23)27)14-8-31-26(32-9-14)37-5-6-38-16(13-37)11-34-28(38)41/h2-4,8-10,12,16,18-19,25H,5-7,11,13H2,1H3,(H,34,41)/t16-,18?,19?/m0/s1. The lowest BCUT2D eigenvalue weighted by molar-refractivity contribution is -0.0506. The minimum atomic E-state index is -3.02. The van der Waals surface area contributed by atoms with Crippen LogP contribution in [0.5, 0.6) is 5.75 Å². The van der Waals surface area contributed by atoms with Gasteiger partial charge in [-0.05, 0) is 18.6 Å². The molecule has 0 saturated carbocycles. The molecule has 3 aromatic heterocycles. The van der Waals surface area contributed by atoms with Gasteiger partial charge in [-0.15, -0.1) is 0 Å². The average molecular weight is 574 g/mol. The lowest BCUT2D eigenvalue weighted by atomic mass is 9.91. The van der Waals surface area contributed by atoms with Crippen molar-refractivity contribution < 1.29 is 23.1 Å². The van der Waals surface area contributed by atoms with Crippen molar-refractivity contribution in [2.24, 2.45) is 0 Å². The smallest absolute Gasteiger partial charge is 0.387 e. The fourth-order valence-corrected chi connectivity index (χ4v) is 6.79. The Hall–Kier alpha value is -4.88. The van der Waals surface area contributed by atoms with Crippen LogP contribution in [0.1, 0.15) is 45.7 Å². The second-order valence-corrected chi connectivity index (χ2v) is 11.0. The first kappa shape index (κ1) is 24.9. The van der Waals surface area contributed by atoms with Gasteiger partial charge in [-0.25, -0.2) is 24.7 Å². The predicted molar refractivity (Wildman–Crippen MR) is 144 cm³/mol. The molecule has 8 rings (SSSR count). The fourth-order valence-electron chi connectivity index (χ4n) is 6.79. The Labute approximate surface area is 237 Å². The number of benzene rings is 1. The first-order chi connectivity index (χ1) is 20.4. The number of amides is 3. The lowest BCUT2D eigenvalue weighted by Crippen LogP contribution is -2.52. The van der Waals surface area contributed by atoms with Crippen LogP contribution >= 0.6 is 0 Å². The van der Waals surface area contributed by atoms with Gasteiger partial charge >= 0.3 is 12.6 Å². The topological polar surface area (TPSA) is 121 Å². The number of nitrogens with zero attached hydrogens (tertiary/aromatic N) is 8. The van der Waals surface area contributed by atoms with Gasteiger partial charge in [-0.1, -0.05) is 6.07 Å². The van der Waals surface area contributed by atoms with Crippen molar-refractivity contribution in [1.82, 2.24) is 39.5 Å². The maximum atomic E-state index is 13.4. The molecule has 3 atom stereocenters. The summed E-state index contributed by atoms with van der Waals surface area (Å²) in [4.78, 5) is 49.4. The van der Waals surface area contributed by atoms with E-state index in [0.29, 0.717) is 61.1 Å². The molecule has 3 amide bonds. The Bertz CT molecular complexity index is 1760. The number of hydrogen-bond donors (Lipinski definition) is 1. The van der Waals surface area contributed by atoms with Gasteiger partial charge in [-0.3, -0.25) is 9.20 Å². The molecule has 2 fully saturated rings. The van der Waals surface area contributed by atoms with Crippen LogP contribution in [0.2, 0.25) is 0 Å². The molecule has 2 bridgehead atoms. The van der Waals surface area contributed by atoms with Gasteiger partial charge in [0.1, 0.15) is 5.75 Å². The first-order valence-electron chi connectivity index (χ1n) is 13.7. The van der Waals surface area contributed by atoms with Crippen LogP contribution in [0.25, 0.3) is 16.9 Å². The first-order valence-corrected chi connectivity index (χ1v) is 13.7. The Morgan fingerprint density at radius 1 is 1.07 bits per heavy atom. The fraction of sp³-hybridized carbons (Fsp3) is 0.357. The summed E-state index contributed by atoms with van der Waals surface area (Å²) in [6.45, 7) is -0.491. The van der Waals surface area contributed by atoms with Crippen molar-refractivity contribution >= 4 is 23.7 Å². The highest BCUT2D eigenvalue weighted by Gasteiger charge is 2.46. The molecule has 2 saturated heterocycles. The number of piperazine rings is 1. The van der Waals surface area contributed by atoms with E-state index in [0.717, 1.165) is 16.8 Å². The van der Waals surface area contributed by atoms with Crippen molar-refractivity contribution in [1.29, 1.82) is 0 Å². The molecule has 12 nitrogen and oxygen atoms in total. The summed E-state index contributed by atoms with van der Waals surface area (Å²) >= 11 is 0. The monoisotopic (exact) mass is 573 g/mol. The zero-order chi connectivity index (χ0) is 28.7. The summed E-state index contributed by atoms with van der Waals surface area (Å²) in [7, 11) is 1.71. The highest BCUT2D eigenvalue weighted by Crippen LogP contribution is 2.52. The lowest BCUT2D eigenvalue weighted by Gasteiger charge is -2.36. The van der Waals surface area contributed by atoms with Crippen LogP contribution in [-0.2, 0) is 0 Å². The molecular weight excluding hydrogens is 548 g/mol. The molecule has 42 heavy (non-hydrogen) atoms. The quantitative estimate of drug-likeness (QED) is 0.396. The Balaban J connectivity index is 1.16. The van der Waals surface area contributed by atoms with Crippen molar-refractivity contribution in [2.45, 2.75) is 31.0 Å². The largest absolute Gasteiger partial charge is 0.434 e. The van der Waals surface area contributed by atoms with E-state index in [1.807, 2.05) is 15.5 Å². The number of anilines is 1. The van der Waals surface area contributed by atoms with Crippen molar-refractivity contribution in [2.75, 3.05) is 38.1 Å². The number of ether oxygens (including phenoxy) is 1. The number of rotatable bonds is 4. The average Bonchev–Trinajstić information content (AvgIpc) is 3.65. The summed E-state index contributed by atoms with van der Waals surface area (Å²) in [5, 5.41) is 2.88. The van der Waals surface area contributed by atoms with Gasteiger partial charge in [0.25, 0.3) is 5.91 Å². The number of alkyl halides is 2. The van der Waals surface area contributed by atoms with Crippen molar-refractivity contribution in [3.63, 3.8) is 0 Å². The van der Waals surface area contributed by atoms with E-state index in [-0.39, 0.29) is 29.8 Å². The molecule has 6 heterocycles. The minimum absolute atomic E-state index is 0.00983. The number of aromatic nitrogens is 5. The number of urea groups is 1. The highest BCUT2D eigenvalue weighted by molar-refractivity contribution is 5.98. The molecule has 0 spiro atoms. The number of imidazole rings is 1. The maximum Gasteiger partial charge on any atom is 0.387 e. The maximum absolute atomic E-state index is 13.4. The molecule has 214 valence electrons. The number of carbonyl (C=O) groups excluding carboxylic acids is 2. The number of fused-ring (bicyclic) bond motifs is 10. The third-order valence-corrected chi connectivity index (χ3v) is 8.79. The second kappa shape index (κ2) is 9.06. The summed E-state index contributed by atoms with van der Waals surface area (Å²) in [5.41, 5.74) is 3.78. The van der Waals surface area contributed by atoms with Crippen molar-refractivity contribution in [3.8, 4) is 16.9 Å². The van der Waals surface area contributed by atoms with Crippen LogP contribution < -0.4 is 15.0 Å². The van der Waals surface area contributed by atoms with Crippen molar-refractivity contribution in [3.05, 3.63) is 65.5 Å². The van der Waals surface area contributed by atoms with E-state index >= 15 is 0 Å². The number of halogens is 2. The summed E-state index contributed by atoms with van der Waals surface area (Å²) in [5.74, 6) is 0.374. The molecule has 4 aromatic rings. The SMILES string of the molecule is CN1C(=O)c2cccc(OC(F)F)c2C2CC1c1nc3ncc(-c4cnc(N5CCN6C(=O)NC[C@H]6C5)nc4)cn3c12. The number of carbonyl (C=O) groups is 2. The molecule has 1 N–H and O–H groups in total. The van der Waals surface area contributed by atoms with Gasteiger partial charge in [0.2, 0.25) is 11.7 Å². The van der Waals surface area contributed by atoms with Crippen LogP contribution in [0.3, 0.4) is 0 Å². The van der Waals surface area contributed by atoms with E-state index < -0.39 is 12.5 Å². The van der Waals surface area contributed by atoms with E-state index in [1.165, 1.54) is 6.07 Å². The second-order valence-electron chi connectivity index (χ2n) is 11.0. The zero-order valence-corrected chi connectivity index (χ0v) is 22.4. The molecule has 14 heteroatoms. The summed E-state index contributed by atoms with van der Waals surface area (Å²) in [6.07, 6.45) is 7.58. The number of hydrogen-bond acceptors (Lipinski definition) is 8. The van der Waals surface area contributed by atoms with Crippen LogP contribution in [0.15, 0.2) is 43.0 Å². The highest BCUT2D eigenvalue weighted by atomic mass is 19.3. The molecule has 4 aliphatic rings. The number of nitrogens with one attached hydrogen (secondary N) is 1. The molecule has 1 aliphatic carbocycles. The third-order valence-electron chi connectivity index (χ3n) is 8.79. The van der Waals surface area contributed by atoms with E-state index in [9.17, 15) is 18.4 Å². The zero-order valence-electron chi connectivity index (χ0n) is 22.4. The Morgan fingerprint density at radius 3 is 2.69 bits per heavy atom. The van der Waals surface area contributed by atoms with Gasteiger partial charge < -0.3 is 24.8 Å². The van der Waals surface area contributed by atoms with Gasteiger partial charge in [0.05, 0.1) is 23.5 Å². The normalized spacial score (nSPS) is 22.8. The summed E-state index contributed by atoms with van der Waals surface area (Å²) in [6, 6.07) is 4.43. The molecule has 2 unspecified atom stereocenters.